The molecule has 2 aromatic carbocycles. The van der Waals surface area contributed by atoms with Gasteiger partial charge in [0, 0.05) is 23.9 Å². The van der Waals surface area contributed by atoms with E-state index >= 15 is 0 Å². The summed E-state index contributed by atoms with van der Waals surface area (Å²) in [6.45, 7) is 4.05. The molecule has 0 unspecified atom stereocenters. The molecule has 1 fully saturated rings. The van der Waals surface area contributed by atoms with Crippen LogP contribution in [0.15, 0.2) is 48.5 Å². The van der Waals surface area contributed by atoms with Crippen LogP contribution in [0.5, 0.6) is 0 Å². The summed E-state index contributed by atoms with van der Waals surface area (Å²) in [5, 5.41) is 15.0. The van der Waals surface area contributed by atoms with Crippen LogP contribution in [0.4, 0.5) is 4.79 Å². The number of carbonyl (C=O) groups excluding carboxylic acids is 2. The van der Waals surface area contributed by atoms with Gasteiger partial charge in [0.25, 0.3) is 0 Å². The van der Waals surface area contributed by atoms with Gasteiger partial charge in [0.15, 0.2) is 0 Å². The monoisotopic (exact) mass is 478 g/mol. The Balaban J connectivity index is 1.31. The highest BCUT2D eigenvalue weighted by atomic mass is 16.5. The third-order valence-corrected chi connectivity index (χ3v) is 7.24. The molecule has 0 aromatic heterocycles. The molecule has 2 aliphatic rings. The molecule has 0 spiro atoms. The van der Waals surface area contributed by atoms with E-state index in [1.807, 2.05) is 38.1 Å². The highest BCUT2D eigenvalue weighted by Gasteiger charge is 2.32. The summed E-state index contributed by atoms with van der Waals surface area (Å²) in [6.07, 6.45) is 2.29. The van der Waals surface area contributed by atoms with Crippen LogP contribution in [0.2, 0.25) is 0 Å². The first kappa shape index (κ1) is 24.8. The van der Waals surface area contributed by atoms with Crippen LogP contribution in [0.3, 0.4) is 0 Å². The molecule has 7 heteroatoms. The molecule has 3 N–H and O–H groups in total. The molecule has 186 valence electrons. The minimum atomic E-state index is -0.928. The van der Waals surface area contributed by atoms with Gasteiger partial charge in [-0.05, 0) is 47.4 Å². The van der Waals surface area contributed by atoms with Crippen molar-refractivity contribution in [3.8, 4) is 11.1 Å². The van der Waals surface area contributed by atoms with Crippen molar-refractivity contribution in [2.75, 3.05) is 6.61 Å². The van der Waals surface area contributed by atoms with E-state index in [4.69, 9.17) is 9.84 Å². The summed E-state index contributed by atoms with van der Waals surface area (Å²) in [5.74, 6) is -1.29. The number of aliphatic carboxylic acids is 1. The van der Waals surface area contributed by atoms with Crippen LogP contribution < -0.4 is 10.6 Å². The predicted octanol–water partition coefficient (Wildman–Crippen LogP) is 4.70. The minimum absolute atomic E-state index is 0.000217. The number of nitrogens with one attached hydrogen (secondary N) is 2. The summed E-state index contributed by atoms with van der Waals surface area (Å²) in [4.78, 5) is 36.6. The molecule has 2 amide bonds. The number of alkyl carbamates (subject to hydrolysis) is 1. The lowest BCUT2D eigenvalue weighted by Crippen LogP contribution is -2.46. The summed E-state index contributed by atoms with van der Waals surface area (Å²) in [5.41, 5.74) is 4.69. The summed E-state index contributed by atoms with van der Waals surface area (Å²) in [6, 6.07) is 15.9. The quantitative estimate of drug-likeness (QED) is 0.510. The van der Waals surface area contributed by atoms with Gasteiger partial charge in [-0.1, -0.05) is 68.8 Å². The third-order valence-electron chi connectivity index (χ3n) is 7.24. The van der Waals surface area contributed by atoms with E-state index in [0.717, 1.165) is 30.4 Å². The molecule has 3 atom stereocenters. The number of amides is 2. The van der Waals surface area contributed by atoms with Gasteiger partial charge in [0.2, 0.25) is 5.91 Å². The third kappa shape index (κ3) is 5.84. The molecule has 7 nitrogen and oxygen atoms in total. The fourth-order valence-electron chi connectivity index (χ4n) is 5.31. The molecule has 2 aromatic rings. The minimum Gasteiger partial charge on any atom is -0.481 e. The zero-order chi connectivity index (χ0) is 24.9. The van der Waals surface area contributed by atoms with Crippen molar-refractivity contribution in [1.82, 2.24) is 10.6 Å². The van der Waals surface area contributed by atoms with Crippen LogP contribution in [0, 0.1) is 11.8 Å². The number of benzene rings is 2. The van der Waals surface area contributed by atoms with Crippen LogP contribution in [0.1, 0.15) is 63.0 Å². The van der Waals surface area contributed by atoms with Crippen molar-refractivity contribution in [2.24, 2.45) is 11.8 Å². The van der Waals surface area contributed by atoms with Gasteiger partial charge >= 0.3 is 12.1 Å². The number of carboxylic acid groups (broad SMARTS) is 1. The van der Waals surface area contributed by atoms with Crippen LogP contribution >= 0.6 is 0 Å². The Labute approximate surface area is 206 Å². The van der Waals surface area contributed by atoms with Crippen molar-refractivity contribution in [2.45, 2.75) is 64.0 Å². The maximum atomic E-state index is 12.8. The highest BCUT2D eigenvalue weighted by Crippen LogP contribution is 2.44. The van der Waals surface area contributed by atoms with E-state index in [2.05, 4.69) is 34.9 Å². The first-order valence-electron chi connectivity index (χ1n) is 12.5. The van der Waals surface area contributed by atoms with E-state index in [1.54, 1.807) is 0 Å². The molecule has 0 aliphatic heterocycles. The number of rotatable bonds is 8. The van der Waals surface area contributed by atoms with Crippen molar-refractivity contribution >= 4 is 18.0 Å². The first-order chi connectivity index (χ1) is 16.8. The zero-order valence-corrected chi connectivity index (χ0v) is 20.3. The Bertz CT molecular complexity index is 1040. The zero-order valence-electron chi connectivity index (χ0n) is 20.3. The molecule has 35 heavy (non-hydrogen) atoms. The van der Waals surface area contributed by atoms with E-state index < -0.39 is 18.1 Å². The maximum absolute atomic E-state index is 12.8. The molecular formula is C28H34N2O5. The molecule has 4 rings (SSSR count). The van der Waals surface area contributed by atoms with Gasteiger partial charge in [0.1, 0.15) is 6.61 Å². The maximum Gasteiger partial charge on any atom is 0.407 e. The van der Waals surface area contributed by atoms with Gasteiger partial charge in [-0.15, -0.1) is 0 Å². The van der Waals surface area contributed by atoms with Gasteiger partial charge in [0.05, 0.1) is 6.42 Å². The fraction of sp³-hybridized carbons (Fsp3) is 0.464. The molecule has 0 saturated heterocycles. The van der Waals surface area contributed by atoms with Crippen LogP contribution in [-0.4, -0.2) is 41.8 Å². The van der Waals surface area contributed by atoms with Gasteiger partial charge < -0.3 is 20.5 Å². The van der Waals surface area contributed by atoms with E-state index in [0.29, 0.717) is 6.42 Å². The average Bonchev–Trinajstić information content (AvgIpc) is 3.16. The Morgan fingerprint density at radius 3 is 2.23 bits per heavy atom. The Morgan fingerprint density at radius 2 is 1.63 bits per heavy atom. The SMILES string of the molecule is CC(C)[C@@H](CC(=O)O)NC(=O)[C@H]1CCC[C@@H](NC(=O)OCC2c3ccccc3-c3ccccc32)C1. The second-order valence-electron chi connectivity index (χ2n) is 9.99. The summed E-state index contributed by atoms with van der Waals surface area (Å²) >= 11 is 0. The second-order valence-corrected chi connectivity index (χ2v) is 9.99. The van der Waals surface area contributed by atoms with Crippen molar-refractivity contribution < 1.29 is 24.2 Å². The molecular weight excluding hydrogens is 444 g/mol. The van der Waals surface area contributed by atoms with E-state index in [9.17, 15) is 14.4 Å². The largest absolute Gasteiger partial charge is 0.481 e. The second kappa shape index (κ2) is 10.9. The Hall–Kier alpha value is -3.35. The molecule has 0 heterocycles. The number of ether oxygens (including phenoxy) is 1. The van der Waals surface area contributed by atoms with Crippen molar-refractivity contribution in [3.05, 3.63) is 59.7 Å². The number of fused-ring (bicyclic) bond motifs is 3. The lowest BCUT2D eigenvalue weighted by molar-refractivity contribution is -0.138. The van der Waals surface area contributed by atoms with Crippen molar-refractivity contribution in [3.63, 3.8) is 0 Å². The standard InChI is InChI=1S/C28H34N2O5/c1-17(2)25(15-26(31)32)30-27(33)18-8-7-9-19(14-18)29-28(34)35-16-24-22-12-5-3-10-20(22)21-11-4-6-13-23(21)24/h3-6,10-13,17-19,24-25H,7-9,14-16H2,1-2H3,(H,29,34)(H,30,33)(H,31,32)/t18-,19+,25+/m0/s1. The van der Waals surface area contributed by atoms with E-state index in [-0.39, 0.29) is 42.7 Å². The fourth-order valence-corrected chi connectivity index (χ4v) is 5.31. The molecule has 0 radical (unpaired) electrons. The van der Waals surface area contributed by atoms with Gasteiger partial charge in [-0.3, -0.25) is 9.59 Å². The normalized spacial score (nSPS) is 20.0. The Morgan fingerprint density at radius 1 is 1.00 bits per heavy atom. The number of hydrogen-bond acceptors (Lipinski definition) is 4. The molecule has 1 saturated carbocycles. The summed E-state index contributed by atoms with van der Waals surface area (Å²) in [7, 11) is 0. The van der Waals surface area contributed by atoms with Crippen molar-refractivity contribution in [1.29, 1.82) is 0 Å². The van der Waals surface area contributed by atoms with Gasteiger partial charge in [-0.25, -0.2) is 4.79 Å². The first-order valence-corrected chi connectivity index (χ1v) is 12.5. The molecule has 0 bridgehead atoms. The lowest BCUT2D eigenvalue weighted by Gasteiger charge is -2.30. The van der Waals surface area contributed by atoms with Gasteiger partial charge in [-0.2, -0.15) is 0 Å². The number of hydrogen-bond donors (Lipinski definition) is 3. The predicted molar refractivity (Wildman–Crippen MR) is 133 cm³/mol. The Kier molecular flexibility index (Phi) is 7.73. The lowest BCUT2D eigenvalue weighted by atomic mass is 9.84. The number of carboxylic acids is 1. The highest BCUT2D eigenvalue weighted by molar-refractivity contribution is 5.80. The number of carbonyl (C=O) groups is 3. The molecule has 2 aliphatic carbocycles. The topological polar surface area (TPSA) is 105 Å². The van der Waals surface area contributed by atoms with E-state index in [1.165, 1.54) is 11.1 Å². The summed E-state index contributed by atoms with van der Waals surface area (Å²) < 4.78 is 5.66. The van der Waals surface area contributed by atoms with Crippen LogP contribution in [-0.2, 0) is 14.3 Å². The average molecular weight is 479 g/mol. The van der Waals surface area contributed by atoms with Crippen LogP contribution in [0.25, 0.3) is 11.1 Å². The smallest absolute Gasteiger partial charge is 0.407 e.